The minimum Gasteiger partial charge on any atom is -0.370 e. The van der Waals surface area contributed by atoms with Gasteiger partial charge in [-0.25, -0.2) is 9.37 Å². The lowest BCUT2D eigenvalue weighted by Crippen LogP contribution is -2.43. The van der Waals surface area contributed by atoms with Crippen LogP contribution in [0.25, 0.3) is 0 Å². The second kappa shape index (κ2) is 7.19. The van der Waals surface area contributed by atoms with Gasteiger partial charge in [0.2, 0.25) is 5.91 Å². The molecule has 0 spiro atoms. The van der Waals surface area contributed by atoms with Crippen LogP contribution in [-0.2, 0) is 22.4 Å². The van der Waals surface area contributed by atoms with Gasteiger partial charge in [0.1, 0.15) is 11.9 Å². The first-order chi connectivity index (χ1) is 11.2. The van der Waals surface area contributed by atoms with Crippen LogP contribution in [0.5, 0.6) is 0 Å². The van der Waals surface area contributed by atoms with E-state index in [-0.39, 0.29) is 17.8 Å². The molecule has 122 valence electrons. The second-order valence-electron chi connectivity index (χ2n) is 5.52. The molecule has 23 heavy (non-hydrogen) atoms. The highest BCUT2D eigenvalue weighted by Crippen LogP contribution is 2.23. The minimum absolute atomic E-state index is 0.0441. The molecule has 0 bridgehead atoms. The van der Waals surface area contributed by atoms with Crippen LogP contribution in [0.2, 0.25) is 0 Å². The van der Waals surface area contributed by atoms with E-state index >= 15 is 0 Å². The average Bonchev–Trinajstić information content (AvgIpc) is 3.02. The van der Waals surface area contributed by atoms with E-state index in [1.807, 2.05) is 11.4 Å². The largest absolute Gasteiger partial charge is 0.370 e. The number of nitrogens with zero attached hydrogens (tertiary/aromatic N) is 2. The van der Waals surface area contributed by atoms with Gasteiger partial charge in [-0.05, 0) is 24.1 Å². The Bertz CT molecular complexity index is 689. The molecule has 1 amide bonds. The van der Waals surface area contributed by atoms with Gasteiger partial charge in [0.05, 0.1) is 30.3 Å². The van der Waals surface area contributed by atoms with E-state index < -0.39 is 0 Å². The van der Waals surface area contributed by atoms with Gasteiger partial charge in [0.25, 0.3) is 0 Å². The van der Waals surface area contributed by atoms with E-state index in [2.05, 4.69) is 11.9 Å². The standard InChI is InChI=1S/C17H19FN2O2S/c1-2-16-19-14(11-23-16)9-17(21)20-6-7-22-15(10-20)12-4-3-5-13(18)8-12/h3-5,8,11,15H,2,6-7,9-10H2,1H3. The van der Waals surface area contributed by atoms with Crippen molar-refractivity contribution in [1.82, 2.24) is 9.88 Å². The van der Waals surface area contributed by atoms with Crippen LogP contribution in [0.15, 0.2) is 29.6 Å². The third-order valence-electron chi connectivity index (χ3n) is 3.87. The number of hydrogen-bond acceptors (Lipinski definition) is 4. The molecule has 1 aliphatic heterocycles. The van der Waals surface area contributed by atoms with Crippen LogP contribution >= 0.6 is 11.3 Å². The van der Waals surface area contributed by atoms with Gasteiger partial charge in [-0.1, -0.05) is 19.1 Å². The maximum Gasteiger partial charge on any atom is 0.228 e. The highest BCUT2D eigenvalue weighted by Gasteiger charge is 2.26. The lowest BCUT2D eigenvalue weighted by atomic mass is 10.1. The van der Waals surface area contributed by atoms with E-state index in [0.29, 0.717) is 26.1 Å². The topological polar surface area (TPSA) is 42.4 Å². The molecule has 3 rings (SSSR count). The molecule has 1 aromatic heterocycles. The van der Waals surface area contributed by atoms with Gasteiger partial charge in [0.15, 0.2) is 0 Å². The number of halogens is 1. The molecule has 1 saturated heterocycles. The van der Waals surface area contributed by atoms with Crippen molar-refractivity contribution in [2.75, 3.05) is 19.7 Å². The normalized spacial score (nSPS) is 18.2. The van der Waals surface area contributed by atoms with Gasteiger partial charge in [-0.15, -0.1) is 11.3 Å². The maximum absolute atomic E-state index is 13.4. The molecular formula is C17H19FN2O2S. The number of hydrogen-bond donors (Lipinski definition) is 0. The van der Waals surface area contributed by atoms with Crippen LogP contribution < -0.4 is 0 Å². The number of carbonyl (C=O) groups excluding carboxylic acids is 1. The second-order valence-corrected chi connectivity index (χ2v) is 6.46. The molecule has 1 unspecified atom stereocenters. The van der Waals surface area contributed by atoms with Gasteiger partial charge in [-0.3, -0.25) is 4.79 Å². The lowest BCUT2D eigenvalue weighted by molar-refractivity contribution is -0.138. The van der Waals surface area contributed by atoms with Crippen molar-refractivity contribution in [3.05, 3.63) is 51.7 Å². The van der Waals surface area contributed by atoms with Crippen molar-refractivity contribution < 1.29 is 13.9 Å². The Hall–Kier alpha value is -1.79. The van der Waals surface area contributed by atoms with Gasteiger partial charge < -0.3 is 9.64 Å². The Balaban J connectivity index is 1.64. The number of ether oxygens (including phenoxy) is 1. The molecule has 0 radical (unpaired) electrons. The zero-order valence-corrected chi connectivity index (χ0v) is 13.8. The average molecular weight is 334 g/mol. The Morgan fingerprint density at radius 1 is 1.52 bits per heavy atom. The summed E-state index contributed by atoms with van der Waals surface area (Å²) >= 11 is 1.59. The van der Waals surface area contributed by atoms with Crippen LogP contribution in [0, 0.1) is 5.82 Å². The first kappa shape index (κ1) is 16.1. The summed E-state index contributed by atoms with van der Waals surface area (Å²) < 4.78 is 19.1. The maximum atomic E-state index is 13.4. The number of rotatable bonds is 4. The zero-order chi connectivity index (χ0) is 16.2. The Morgan fingerprint density at radius 3 is 3.13 bits per heavy atom. The fraction of sp³-hybridized carbons (Fsp3) is 0.412. The van der Waals surface area contributed by atoms with Crippen molar-refractivity contribution in [2.24, 2.45) is 0 Å². The summed E-state index contributed by atoms with van der Waals surface area (Å²) in [6, 6.07) is 6.36. The summed E-state index contributed by atoms with van der Waals surface area (Å²) in [6.45, 7) is 3.53. The molecule has 1 fully saturated rings. The SMILES string of the molecule is CCc1nc(CC(=O)N2CCOC(c3cccc(F)c3)C2)cs1. The number of amides is 1. The molecule has 6 heteroatoms. The molecule has 1 atom stereocenters. The lowest BCUT2D eigenvalue weighted by Gasteiger charge is -2.33. The molecule has 1 aromatic carbocycles. The highest BCUT2D eigenvalue weighted by atomic mass is 32.1. The first-order valence-electron chi connectivity index (χ1n) is 7.74. The molecule has 0 aliphatic carbocycles. The zero-order valence-electron chi connectivity index (χ0n) is 13.0. The van der Waals surface area contributed by atoms with Crippen molar-refractivity contribution in [3.63, 3.8) is 0 Å². The molecule has 0 saturated carbocycles. The van der Waals surface area contributed by atoms with Crippen LogP contribution in [0.3, 0.4) is 0 Å². The number of benzene rings is 1. The smallest absolute Gasteiger partial charge is 0.228 e. The molecule has 4 nitrogen and oxygen atoms in total. The molecule has 1 aliphatic rings. The molecular weight excluding hydrogens is 315 g/mol. The minimum atomic E-state index is -0.288. The number of morpholine rings is 1. The van der Waals surface area contributed by atoms with Crippen LogP contribution in [-0.4, -0.2) is 35.5 Å². The fourth-order valence-electron chi connectivity index (χ4n) is 2.64. The van der Waals surface area contributed by atoms with E-state index in [4.69, 9.17) is 4.74 Å². The third-order valence-corrected chi connectivity index (χ3v) is 4.92. The highest BCUT2D eigenvalue weighted by molar-refractivity contribution is 7.09. The van der Waals surface area contributed by atoms with Crippen LogP contribution in [0.1, 0.15) is 29.3 Å². The number of aromatic nitrogens is 1. The van der Waals surface area contributed by atoms with E-state index in [9.17, 15) is 9.18 Å². The van der Waals surface area contributed by atoms with Crippen LogP contribution in [0.4, 0.5) is 4.39 Å². The summed E-state index contributed by atoms with van der Waals surface area (Å²) in [5.74, 6) is -0.244. The molecule has 2 heterocycles. The summed E-state index contributed by atoms with van der Waals surface area (Å²) in [4.78, 5) is 18.7. The monoisotopic (exact) mass is 334 g/mol. The number of aryl methyl sites for hydroxylation is 1. The number of thiazole rings is 1. The Kier molecular flexibility index (Phi) is 5.03. The van der Waals surface area contributed by atoms with Crippen molar-refractivity contribution in [2.45, 2.75) is 25.9 Å². The summed E-state index contributed by atoms with van der Waals surface area (Å²) in [5.41, 5.74) is 1.59. The Morgan fingerprint density at radius 2 is 2.39 bits per heavy atom. The predicted molar refractivity (Wildman–Crippen MR) is 86.9 cm³/mol. The van der Waals surface area contributed by atoms with Crippen molar-refractivity contribution >= 4 is 17.2 Å². The van der Waals surface area contributed by atoms with Gasteiger partial charge >= 0.3 is 0 Å². The summed E-state index contributed by atoms with van der Waals surface area (Å²) in [6.07, 6.45) is 0.926. The predicted octanol–water partition coefficient (Wildman–Crippen LogP) is 2.99. The van der Waals surface area contributed by atoms with Crippen molar-refractivity contribution in [3.8, 4) is 0 Å². The summed E-state index contributed by atoms with van der Waals surface area (Å²) in [7, 11) is 0. The fourth-order valence-corrected chi connectivity index (χ4v) is 3.39. The first-order valence-corrected chi connectivity index (χ1v) is 8.61. The van der Waals surface area contributed by atoms with Gasteiger partial charge in [0, 0.05) is 11.9 Å². The molecule has 0 N–H and O–H groups in total. The van der Waals surface area contributed by atoms with E-state index in [1.165, 1.54) is 12.1 Å². The third kappa shape index (κ3) is 3.95. The Labute approximate surface area is 138 Å². The number of carbonyl (C=O) groups is 1. The van der Waals surface area contributed by atoms with E-state index in [0.717, 1.165) is 22.7 Å². The van der Waals surface area contributed by atoms with Gasteiger partial charge in [-0.2, -0.15) is 0 Å². The summed E-state index contributed by atoms with van der Waals surface area (Å²) in [5, 5.41) is 2.99. The van der Waals surface area contributed by atoms with Crippen molar-refractivity contribution in [1.29, 1.82) is 0 Å². The quantitative estimate of drug-likeness (QED) is 0.863. The van der Waals surface area contributed by atoms with E-state index in [1.54, 1.807) is 22.3 Å². The molecule has 2 aromatic rings.